The van der Waals surface area contributed by atoms with Crippen molar-refractivity contribution in [3.63, 3.8) is 0 Å². The van der Waals surface area contributed by atoms with Crippen molar-refractivity contribution in [1.82, 2.24) is 4.98 Å². The maximum Gasteiger partial charge on any atom is 0.222 e. The molecule has 0 saturated heterocycles. The van der Waals surface area contributed by atoms with Gasteiger partial charge in [-0.05, 0) is 48.7 Å². The molecular formula is C23H29NO4. The molecule has 0 saturated carbocycles. The highest BCUT2D eigenvalue weighted by Gasteiger charge is 2.12. The van der Waals surface area contributed by atoms with Gasteiger partial charge in [-0.25, -0.2) is 4.98 Å². The van der Waals surface area contributed by atoms with Crippen molar-refractivity contribution in [1.29, 1.82) is 0 Å². The van der Waals surface area contributed by atoms with Gasteiger partial charge in [0.2, 0.25) is 5.88 Å². The fraction of sp³-hybridized carbons (Fsp3) is 0.348. The summed E-state index contributed by atoms with van der Waals surface area (Å²) in [6.07, 6.45) is -0.440. The third kappa shape index (κ3) is 5.44. The van der Waals surface area contributed by atoms with E-state index < -0.39 is 6.29 Å². The molecule has 0 N–H and O–H groups in total. The normalized spacial score (nSPS) is 10.5. The Labute approximate surface area is 167 Å². The molecule has 3 rings (SSSR count). The molecule has 1 aromatic heterocycles. The number of pyridine rings is 1. The summed E-state index contributed by atoms with van der Waals surface area (Å²) in [4.78, 5) is 4.71. The summed E-state index contributed by atoms with van der Waals surface area (Å²) in [5.41, 5.74) is 1.84. The van der Waals surface area contributed by atoms with Crippen LogP contribution in [0.3, 0.4) is 0 Å². The number of hydrogen-bond acceptors (Lipinski definition) is 5. The summed E-state index contributed by atoms with van der Waals surface area (Å²) in [6, 6.07) is 18.0. The lowest BCUT2D eigenvalue weighted by Gasteiger charge is -2.16. The molecule has 0 aliphatic rings. The molecule has 5 heteroatoms. The van der Waals surface area contributed by atoms with E-state index in [2.05, 4.69) is 6.07 Å². The Morgan fingerprint density at radius 2 is 1.57 bits per heavy atom. The fourth-order valence-electron chi connectivity index (χ4n) is 2.69. The lowest BCUT2D eigenvalue weighted by Crippen LogP contribution is -2.22. The zero-order valence-electron chi connectivity index (χ0n) is 17.3. The first-order valence-corrected chi connectivity index (χ1v) is 9.56. The molecule has 28 heavy (non-hydrogen) atoms. The van der Waals surface area contributed by atoms with E-state index in [4.69, 9.17) is 23.9 Å². The van der Waals surface area contributed by atoms with Crippen LogP contribution < -0.4 is 9.47 Å². The molecule has 0 bridgehead atoms. The van der Waals surface area contributed by atoms with Crippen LogP contribution in [0.25, 0.3) is 22.0 Å². The molecule has 3 aromatic rings. The molecule has 1 heterocycles. The highest BCUT2D eigenvalue weighted by Crippen LogP contribution is 2.30. The molecule has 0 radical (unpaired) electrons. The van der Waals surface area contributed by atoms with Gasteiger partial charge in [-0.3, -0.25) is 0 Å². The standard InChI is InChI=1S/C21H23NO4.C2H6/c1-4-25-17-11-9-15(10-12-17)19-13-16-7-5-6-8-18(16)21(22-19)26-14-20(23-2)24-3;1-2/h5-13,20H,4,14H2,1-3H3;1-2H3. The van der Waals surface area contributed by atoms with E-state index in [0.29, 0.717) is 12.5 Å². The molecule has 0 fully saturated rings. The maximum absolute atomic E-state index is 5.90. The SMILES string of the molecule is CC.CCOc1ccc(-c2cc3ccccc3c(OCC(OC)OC)n2)cc1. The number of nitrogens with zero attached hydrogens (tertiary/aromatic N) is 1. The van der Waals surface area contributed by atoms with Crippen molar-refractivity contribution >= 4 is 10.8 Å². The van der Waals surface area contributed by atoms with Crippen molar-refractivity contribution in [2.45, 2.75) is 27.1 Å². The summed E-state index contributed by atoms with van der Waals surface area (Å²) >= 11 is 0. The molecule has 0 amide bonds. The Balaban J connectivity index is 0.00000136. The third-order valence-electron chi connectivity index (χ3n) is 4.05. The van der Waals surface area contributed by atoms with Gasteiger partial charge in [0, 0.05) is 25.2 Å². The summed E-state index contributed by atoms with van der Waals surface area (Å²) in [7, 11) is 3.17. The minimum absolute atomic E-state index is 0.261. The number of rotatable bonds is 8. The second-order valence-electron chi connectivity index (χ2n) is 5.70. The number of benzene rings is 2. The van der Waals surface area contributed by atoms with Gasteiger partial charge in [0.05, 0.1) is 12.3 Å². The van der Waals surface area contributed by atoms with Gasteiger partial charge in [0.15, 0.2) is 6.29 Å². The van der Waals surface area contributed by atoms with Gasteiger partial charge in [-0.1, -0.05) is 32.0 Å². The van der Waals surface area contributed by atoms with E-state index in [0.717, 1.165) is 27.8 Å². The second-order valence-corrected chi connectivity index (χ2v) is 5.70. The topological polar surface area (TPSA) is 49.8 Å². The fourth-order valence-corrected chi connectivity index (χ4v) is 2.69. The smallest absolute Gasteiger partial charge is 0.222 e. The molecule has 5 nitrogen and oxygen atoms in total. The predicted octanol–water partition coefficient (Wildman–Crippen LogP) is 5.32. The van der Waals surface area contributed by atoms with Crippen molar-refractivity contribution in [3.8, 4) is 22.9 Å². The molecule has 0 unspecified atom stereocenters. The molecular weight excluding hydrogens is 354 g/mol. The Morgan fingerprint density at radius 3 is 2.21 bits per heavy atom. The number of ether oxygens (including phenoxy) is 4. The van der Waals surface area contributed by atoms with Crippen molar-refractivity contribution in [2.24, 2.45) is 0 Å². The first-order chi connectivity index (χ1) is 13.7. The minimum atomic E-state index is -0.440. The van der Waals surface area contributed by atoms with Crippen LogP contribution in [-0.2, 0) is 9.47 Å². The summed E-state index contributed by atoms with van der Waals surface area (Å²) in [6.45, 7) is 6.87. The lowest BCUT2D eigenvalue weighted by molar-refractivity contribution is -0.122. The molecule has 2 aromatic carbocycles. The van der Waals surface area contributed by atoms with Crippen LogP contribution in [0.15, 0.2) is 54.6 Å². The first-order valence-electron chi connectivity index (χ1n) is 9.56. The highest BCUT2D eigenvalue weighted by atomic mass is 16.7. The van der Waals surface area contributed by atoms with Crippen molar-refractivity contribution in [2.75, 3.05) is 27.4 Å². The van der Waals surface area contributed by atoms with E-state index in [1.165, 1.54) is 0 Å². The Hall–Kier alpha value is -2.63. The van der Waals surface area contributed by atoms with E-state index >= 15 is 0 Å². The van der Waals surface area contributed by atoms with Gasteiger partial charge in [0.25, 0.3) is 0 Å². The van der Waals surface area contributed by atoms with Gasteiger partial charge < -0.3 is 18.9 Å². The third-order valence-corrected chi connectivity index (χ3v) is 4.05. The van der Waals surface area contributed by atoms with Crippen LogP contribution in [0.4, 0.5) is 0 Å². The maximum atomic E-state index is 5.90. The molecule has 0 atom stereocenters. The number of fused-ring (bicyclic) bond motifs is 1. The molecule has 0 aliphatic heterocycles. The van der Waals surface area contributed by atoms with E-state index in [9.17, 15) is 0 Å². The van der Waals surface area contributed by atoms with Crippen LogP contribution in [-0.4, -0.2) is 38.7 Å². The Morgan fingerprint density at radius 1 is 0.893 bits per heavy atom. The highest BCUT2D eigenvalue weighted by molar-refractivity contribution is 5.90. The average molecular weight is 383 g/mol. The molecule has 150 valence electrons. The largest absolute Gasteiger partial charge is 0.494 e. The van der Waals surface area contributed by atoms with Crippen molar-refractivity contribution < 1.29 is 18.9 Å². The average Bonchev–Trinajstić information content (AvgIpc) is 2.76. The number of methoxy groups -OCH3 is 2. The van der Waals surface area contributed by atoms with Crippen LogP contribution in [0.1, 0.15) is 20.8 Å². The number of hydrogen-bond donors (Lipinski definition) is 0. The zero-order valence-corrected chi connectivity index (χ0v) is 17.3. The van der Waals surface area contributed by atoms with Gasteiger partial charge in [-0.15, -0.1) is 0 Å². The second kappa shape index (κ2) is 11.3. The van der Waals surface area contributed by atoms with Crippen LogP contribution in [0, 0.1) is 0 Å². The van der Waals surface area contributed by atoms with Crippen LogP contribution in [0.5, 0.6) is 11.6 Å². The summed E-state index contributed by atoms with van der Waals surface area (Å²) in [5, 5.41) is 2.01. The van der Waals surface area contributed by atoms with Gasteiger partial charge >= 0.3 is 0 Å². The predicted molar refractivity (Wildman–Crippen MR) is 113 cm³/mol. The Kier molecular flexibility index (Phi) is 8.72. The molecule has 0 aliphatic carbocycles. The summed E-state index contributed by atoms with van der Waals surface area (Å²) < 4.78 is 21.8. The minimum Gasteiger partial charge on any atom is -0.494 e. The summed E-state index contributed by atoms with van der Waals surface area (Å²) in [5.74, 6) is 1.41. The molecule has 0 spiro atoms. The lowest BCUT2D eigenvalue weighted by atomic mass is 10.1. The van der Waals surface area contributed by atoms with E-state index in [-0.39, 0.29) is 6.61 Å². The van der Waals surface area contributed by atoms with Crippen LogP contribution >= 0.6 is 0 Å². The monoisotopic (exact) mass is 383 g/mol. The van der Waals surface area contributed by atoms with Gasteiger partial charge in [0.1, 0.15) is 12.4 Å². The van der Waals surface area contributed by atoms with E-state index in [1.807, 2.05) is 69.3 Å². The van der Waals surface area contributed by atoms with Crippen molar-refractivity contribution in [3.05, 3.63) is 54.6 Å². The van der Waals surface area contributed by atoms with Crippen LogP contribution in [0.2, 0.25) is 0 Å². The Bertz CT molecular complexity index is 845. The van der Waals surface area contributed by atoms with E-state index in [1.54, 1.807) is 14.2 Å². The van der Waals surface area contributed by atoms with Gasteiger partial charge in [-0.2, -0.15) is 0 Å². The number of aromatic nitrogens is 1. The quantitative estimate of drug-likeness (QED) is 0.493. The first kappa shape index (κ1) is 21.7. The zero-order chi connectivity index (χ0) is 20.4.